The van der Waals surface area contributed by atoms with Gasteiger partial charge in [-0.1, -0.05) is 37.6 Å². The van der Waals surface area contributed by atoms with Gasteiger partial charge in [0.05, 0.1) is 5.69 Å². The van der Waals surface area contributed by atoms with E-state index >= 15 is 0 Å². The van der Waals surface area contributed by atoms with E-state index in [2.05, 4.69) is 30.9 Å². The van der Waals surface area contributed by atoms with E-state index in [1.165, 1.54) is 30.6 Å². The van der Waals surface area contributed by atoms with Gasteiger partial charge in [-0.2, -0.15) is 0 Å². The quantitative estimate of drug-likeness (QED) is 0.793. The van der Waals surface area contributed by atoms with Crippen LogP contribution in [0.2, 0.25) is 5.02 Å². The summed E-state index contributed by atoms with van der Waals surface area (Å²) in [5.74, 6) is 2.23. The van der Waals surface area contributed by atoms with Gasteiger partial charge in [-0.15, -0.1) is 0 Å². The number of aromatic nitrogens is 2. The molecular formula is C21H26ClN3. The standard InChI is InChI=1S/C21H26ClN3/c1-14(2)21-23-19-10-12-25(13-15-3-4-15)11-9-18(19)20(24-21)16-5-7-17(22)8-6-16/h5-8,14-15H,3-4,9-13H2,1-2H3. The SMILES string of the molecule is CC(C)c1nc2c(c(-c3ccc(Cl)cc3)n1)CCN(CC1CC1)CC2. The fraction of sp³-hybridized carbons (Fsp3) is 0.524. The van der Waals surface area contributed by atoms with Gasteiger partial charge in [-0.05, 0) is 37.3 Å². The third kappa shape index (κ3) is 3.88. The van der Waals surface area contributed by atoms with E-state index in [0.717, 1.165) is 54.0 Å². The molecule has 3 nitrogen and oxygen atoms in total. The lowest BCUT2D eigenvalue weighted by molar-refractivity contribution is 0.275. The van der Waals surface area contributed by atoms with E-state index in [1.54, 1.807) is 0 Å². The minimum atomic E-state index is 0.335. The molecule has 0 saturated heterocycles. The second-order valence-corrected chi connectivity index (χ2v) is 8.20. The number of fused-ring (bicyclic) bond motifs is 1. The molecular weight excluding hydrogens is 330 g/mol. The molecule has 4 rings (SSSR count). The van der Waals surface area contributed by atoms with Crippen LogP contribution in [0.4, 0.5) is 0 Å². The third-order valence-electron chi connectivity index (χ3n) is 5.30. The zero-order chi connectivity index (χ0) is 17.4. The van der Waals surface area contributed by atoms with Crippen molar-refractivity contribution in [2.24, 2.45) is 5.92 Å². The zero-order valence-electron chi connectivity index (χ0n) is 15.1. The molecule has 0 amide bonds. The second kappa shape index (κ2) is 7.05. The molecule has 0 N–H and O–H groups in total. The first kappa shape index (κ1) is 17.0. The van der Waals surface area contributed by atoms with Gasteiger partial charge in [0.15, 0.2) is 0 Å². The highest BCUT2D eigenvalue weighted by molar-refractivity contribution is 6.30. The van der Waals surface area contributed by atoms with Gasteiger partial charge >= 0.3 is 0 Å². The molecule has 132 valence electrons. The van der Waals surface area contributed by atoms with E-state index < -0.39 is 0 Å². The highest BCUT2D eigenvalue weighted by atomic mass is 35.5. The van der Waals surface area contributed by atoms with Crippen LogP contribution in [0.3, 0.4) is 0 Å². The van der Waals surface area contributed by atoms with Crippen LogP contribution in [0.1, 0.15) is 49.7 Å². The predicted octanol–water partition coefficient (Wildman–Crippen LogP) is 4.73. The van der Waals surface area contributed by atoms with Crippen molar-refractivity contribution >= 4 is 11.6 Å². The molecule has 1 aromatic heterocycles. The topological polar surface area (TPSA) is 29.0 Å². The van der Waals surface area contributed by atoms with Gasteiger partial charge in [0, 0.05) is 53.8 Å². The molecule has 1 aromatic carbocycles. The molecule has 2 aromatic rings. The second-order valence-electron chi connectivity index (χ2n) is 7.76. The number of hydrogen-bond acceptors (Lipinski definition) is 3. The van der Waals surface area contributed by atoms with Gasteiger partial charge in [-0.25, -0.2) is 9.97 Å². The van der Waals surface area contributed by atoms with Crippen molar-refractivity contribution in [1.82, 2.24) is 14.9 Å². The van der Waals surface area contributed by atoms with E-state index in [9.17, 15) is 0 Å². The molecule has 2 heterocycles. The summed E-state index contributed by atoms with van der Waals surface area (Å²) in [6.45, 7) is 7.84. The molecule has 1 fully saturated rings. The number of nitrogens with zero attached hydrogens (tertiary/aromatic N) is 3. The van der Waals surface area contributed by atoms with Gasteiger partial charge in [0.2, 0.25) is 0 Å². The predicted molar refractivity (Wildman–Crippen MR) is 103 cm³/mol. The van der Waals surface area contributed by atoms with Gasteiger partial charge < -0.3 is 4.90 Å². The molecule has 2 aliphatic rings. The monoisotopic (exact) mass is 355 g/mol. The van der Waals surface area contributed by atoms with Crippen molar-refractivity contribution < 1.29 is 0 Å². The Bertz CT molecular complexity index is 750. The number of hydrogen-bond donors (Lipinski definition) is 0. The van der Waals surface area contributed by atoms with Crippen molar-refractivity contribution in [2.75, 3.05) is 19.6 Å². The molecule has 0 unspecified atom stereocenters. The smallest absolute Gasteiger partial charge is 0.131 e. The summed E-state index contributed by atoms with van der Waals surface area (Å²) in [5, 5.41) is 0.767. The van der Waals surface area contributed by atoms with Crippen molar-refractivity contribution in [3.8, 4) is 11.3 Å². The lowest BCUT2D eigenvalue weighted by Gasteiger charge is -2.18. The van der Waals surface area contributed by atoms with E-state index in [4.69, 9.17) is 21.6 Å². The fourth-order valence-corrected chi connectivity index (χ4v) is 3.74. The van der Waals surface area contributed by atoms with Crippen LogP contribution < -0.4 is 0 Å². The largest absolute Gasteiger partial charge is 0.302 e. The van der Waals surface area contributed by atoms with Crippen LogP contribution in [0.15, 0.2) is 24.3 Å². The van der Waals surface area contributed by atoms with Crippen molar-refractivity contribution in [3.63, 3.8) is 0 Å². The van der Waals surface area contributed by atoms with E-state index in [1.807, 2.05) is 12.1 Å². The van der Waals surface area contributed by atoms with Crippen LogP contribution >= 0.6 is 11.6 Å². The highest BCUT2D eigenvalue weighted by Gasteiger charge is 2.27. The lowest BCUT2D eigenvalue weighted by Crippen LogP contribution is -2.28. The van der Waals surface area contributed by atoms with Crippen LogP contribution in [0.5, 0.6) is 0 Å². The maximum absolute atomic E-state index is 6.08. The summed E-state index contributed by atoms with van der Waals surface area (Å²) in [5.41, 5.74) is 4.85. The average molecular weight is 356 g/mol. The first-order valence-corrected chi connectivity index (χ1v) is 9.86. The molecule has 1 aliphatic heterocycles. The van der Waals surface area contributed by atoms with Crippen LogP contribution in [-0.2, 0) is 12.8 Å². The minimum absolute atomic E-state index is 0.335. The van der Waals surface area contributed by atoms with Crippen molar-refractivity contribution in [2.45, 2.75) is 45.4 Å². The highest BCUT2D eigenvalue weighted by Crippen LogP contribution is 2.32. The maximum Gasteiger partial charge on any atom is 0.131 e. The molecule has 1 saturated carbocycles. The maximum atomic E-state index is 6.08. The first-order chi connectivity index (χ1) is 12.1. The average Bonchev–Trinajstić information content (AvgIpc) is 3.43. The first-order valence-electron chi connectivity index (χ1n) is 9.48. The summed E-state index contributed by atoms with van der Waals surface area (Å²) in [6.07, 6.45) is 4.90. The Hall–Kier alpha value is -1.45. The Morgan fingerprint density at radius 3 is 2.48 bits per heavy atom. The summed E-state index contributed by atoms with van der Waals surface area (Å²) in [7, 11) is 0. The number of benzene rings is 1. The van der Waals surface area contributed by atoms with Gasteiger partial charge in [0.25, 0.3) is 0 Å². The lowest BCUT2D eigenvalue weighted by atomic mass is 10.00. The summed E-state index contributed by atoms with van der Waals surface area (Å²) in [4.78, 5) is 12.5. The summed E-state index contributed by atoms with van der Waals surface area (Å²) >= 11 is 6.08. The zero-order valence-corrected chi connectivity index (χ0v) is 15.9. The van der Waals surface area contributed by atoms with E-state index in [0.29, 0.717) is 5.92 Å². The molecule has 0 bridgehead atoms. The van der Waals surface area contributed by atoms with Crippen LogP contribution in [-0.4, -0.2) is 34.5 Å². The van der Waals surface area contributed by atoms with Gasteiger partial charge in [-0.3, -0.25) is 0 Å². The summed E-state index contributed by atoms with van der Waals surface area (Å²) < 4.78 is 0. The summed E-state index contributed by atoms with van der Waals surface area (Å²) in [6, 6.07) is 8.08. The Morgan fingerprint density at radius 1 is 1.08 bits per heavy atom. The van der Waals surface area contributed by atoms with Gasteiger partial charge in [0.1, 0.15) is 5.82 Å². The van der Waals surface area contributed by atoms with Crippen LogP contribution in [0, 0.1) is 5.92 Å². The van der Waals surface area contributed by atoms with Crippen molar-refractivity contribution in [1.29, 1.82) is 0 Å². The Kier molecular flexibility index (Phi) is 4.79. The molecule has 1 aliphatic carbocycles. The number of halogens is 1. The fourth-order valence-electron chi connectivity index (χ4n) is 3.62. The van der Waals surface area contributed by atoms with Crippen molar-refractivity contribution in [3.05, 3.63) is 46.4 Å². The molecule has 0 spiro atoms. The Balaban J connectivity index is 1.71. The Morgan fingerprint density at radius 2 is 1.80 bits per heavy atom. The molecule has 0 radical (unpaired) electrons. The Labute approximate surface area is 155 Å². The van der Waals surface area contributed by atoms with Crippen LogP contribution in [0.25, 0.3) is 11.3 Å². The molecule has 0 atom stereocenters. The minimum Gasteiger partial charge on any atom is -0.302 e. The molecule has 4 heteroatoms. The normalized spacial score (nSPS) is 18.2. The van der Waals surface area contributed by atoms with E-state index in [-0.39, 0.29) is 0 Å². The molecule has 25 heavy (non-hydrogen) atoms. The third-order valence-corrected chi connectivity index (χ3v) is 5.55. The number of rotatable bonds is 4.